The van der Waals surface area contributed by atoms with Crippen molar-refractivity contribution in [3.63, 3.8) is 0 Å². The van der Waals surface area contributed by atoms with Crippen LogP contribution in [0.15, 0.2) is 47.0 Å². The van der Waals surface area contributed by atoms with Gasteiger partial charge in [0.05, 0.1) is 21.3 Å². The molecule has 0 saturated heterocycles. The van der Waals surface area contributed by atoms with Crippen molar-refractivity contribution in [2.45, 2.75) is 6.54 Å². The molecule has 1 aromatic heterocycles. The maximum atomic E-state index is 12.3. The summed E-state index contributed by atoms with van der Waals surface area (Å²) in [5.74, 6) is 1.59. The first-order valence-corrected chi connectivity index (χ1v) is 8.12. The quantitative estimate of drug-likeness (QED) is 0.684. The molecule has 0 aliphatic carbocycles. The van der Waals surface area contributed by atoms with E-state index in [1.807, 2.05) is 6.07 Å². The summed E-state index contributed by atoms with van der Waals surface area (Å²) >= 11 is 0. The fourth-order valence-corrected chi connectivity index (χ4v) is 2.44. The van der Waals surface area contributed by atoms with Crippen LogP contribution in [0.25, 0.3) is 11.4 Å². The van der Waals surface area contributed by atoms with Crippen LogP contribution in [0.2, 0.25) is 0 Å². The smallest absolute Gasteiger partial charge is 0.316 e. The molecule has 8 heteroatoms. The minimum absolute atomic E-state index is 0.117. The molecule has 0 spiro atoms. The Kier molecular flexibility index (Phi) is 5.55. The van der Waals surface area contributed by atoms with E-state index in [-0.39, 0.29) is 12.4 Å². The molecule has 8 nitrogen and oxygen atoms in total. The van der Waals surface area contributed by atoms with Crippen molar-refractivity contribution in [3.05, 3.63) is 53.9 Å². The van der Waals surface area contributed by atoms with Gasteiger partial charge in [-0.1, -0.05) is 23.4 Å². The van der Waals surface area contributed by atoms with E-state index in [0.29, 0.717) is 28.6 Å². The molecule has 3 rings (SSSR count). The van der Waals surface area contributed by atoms with Crippen LogP contribution in [0, 0.1) is 0 Å². The van der Waals surface area contributed by atoms with E-state index in [1.165, 1.54) is 0 Å². The summed E-state index contributed by atoms with van der Waals surface area (Å²) in [6.07, 6.45) is 0. The zero-order valence-corrected chi connectivity index (χ0v) is 15.2. The number of hydrogen-bond donors (Lipinski definition) is 1. The van der Waals surface area contributed by atoms with Crippen LogP contribution in [0.3, 0.4) is 0 Å². The highest BCUT2D eigenvalue weighted by atomic mass is 16.5. The summed E-state index contributed by atoms with van der Waals surface area (Å²) in [4.78, 5) is 16.4. The summed E-state index contributed by atoms with van der Waals surface area (Å²) in [6, 6.07) is 12.6. The van der Waals surface area contributed by atoms with Crippen LogP contribution in [-0.4, -0.2) is 37.4 Å². The van der Waals surface area contributed by atoms with Gasteiger partial charge >= 0.3 is 11.8 Å². The monoisotopic (exact) mass is 369 g/mol. The predicted octanol–water partition coefficient (Wildman–Crippen LogP) is 2.69. The number of aromatic nitrogens is 2. The van der Waals surface area contributed by atoms with Gasteiger partial charge < -0.3 is 24.1 Å². The second-order valence-corrected chi connectivity index (χ2v) is 5.53. The minimum Gasteiger partial charge on any atom is -0.497 e. The van der Waals surface area contributed by atoms with Crippen molar-refractivity contribution in [1.82, 2.24) is 15.5 Å². The van der Waals surface area contributed by atoms with Gasteiger partial charge in [0, 0.05) is 12.1 Å². The number of nitrogens with one attached hydrogen (secondary N) is 1. The number of ether oxygens (including phenoxy) is 3. The van der Waals surface area contributed by atoms with Gasteiger partial charge in [-0.15, -0.1) is 0 Å². The molecule has 0 aliphatic rings. The van der Waals surface area contributed by atoms with Crippen molar-refractivity contribution in [2.24, 2.45) is 0 Å². The van der Waals surface area contributed by atoms with Crippen LogP contribution in [-0.2, 0) is 6.54 Å². The van der Waals surface area contributed by atoms with Crippen molar-refractivity contribution in [2.75, 3.05) is 21.3 Å². The highest BCUT2D eigenvalue weighted by molar-refractivity contribution is 5.89. The van der Waals surface area contributed by atoms with Gasteiger partial charge in [0.1, 0.15) is 5.75 Å². The average molecular weight is 369 g/mol. The number of rotatable bonds is 7. The van der Waals surface area contributed by atoms with Gasteiger partial charge in [0.25, 0.3) is 0 Å². The van der Waals surface area contributed by atoms with Crippen LogP contribution in [0.1, 0.15) is 16.2 Å². The lowest BCUT2D eigenvalue weighted by atomic mass is 10.2. The van der Waals surface area contributed by atoms with Gasteiger partial charge in [0.2, 0.25) is 5.82 Å². The molecule has 27 heavy (non-hydrogen) atoms. The second-order valence-electron chi connectivity index (χ2n) is 5.53. The molecule has 1 amide bonds. The number of hydrogen-bond acceptors (Lipinski definition) is 7. The molecule has 1 heterocycles. The molecule has 140 valence electrons. The van der Waals surface area contributed by atoms with Crippen LogP contribution >= 0.6 is 0 Å². The normalized spacial score (nSPS) is 10.3. The lowest BCUT2D eigenvalue weighted by Crippen LogP contribution is -2.23. The summed E-state index contributed by atoms with van der Waals surface area (Å²) in [5, 5.41) is 6.58. The van der Waals surface area contributed by atoms with Gasteiger partial charge in [-0.05, 0) is 29.8 Å². The average Bonchev–Trinajstić information content (AvgIpc) is 3.22. The number of amides is 1. The fraction of sp³-hybridized carbons (Fsp3) is 0.211. The van der Waals surface area contributed by atoms with Gasteiger partial charge in [-0.3, -0.25) is 4.79 Å². The summed E-state index contributed by atoms with van der Waals surface area (Å²) < 4.78 is 20.7. The summed E-state index contributed by atoms with van der Waals surface area (Å²) in [7, 11) is 4.69. The lowest BCUT2D eigenvalue weighted by Gasteiger charge is -2.09. The van der Waals surface area contributed by atoms with Crippen LogP contribution in [0.4, 0.5) is 0 Å². The first-order valence-electron chi connectivity index (χ1n) is 8.12. The van der Waals surface area contributed by atoms with E-state index in [0.717, 1.165) is 5.56 Å². The fourth-order valence-electron chi connectivity index (χ4n) is 2.44. The Morgan fingerprint density at radius 1 is 1.04 bits per heavy atom. The molecular weight excluding hydrogens is 350 g/mol. The molecule has 0 radical (unpaired) electrons. The highest BCUT2D eigenvalue weighted by Gasteiger charge is 2.16. The Hall–Kier alpha value is -3.55. The molecule has 0 unspecified atom stereocenters. The predicted molar refractivity (Wildman–Crippen MR) is 97.0 cm³/mol. The van der Waals surface area contributed by atoms with Crippen molar-refractivity contribution in [1.29, 1.82) is 0 Å². The summed E-state index contributed by atoms with van der Waals surface area (Å²) in [6.45, 7) is 0.274. The Morgan fingerprint density at radius 3 is 2.59 bits per heavy atom. The lowest BCUT2D eigenvalue weighted by molar-refractivity contribution is 0.0907. The number of methoxy groups -OCH3 is 3. The molecule has 0 saturated carbocycles. The molecule has 3 aromatic rings. The van der Waals surface area contributed by atoms with E-state index in [4.69, 9.17) is 18.7 Å². The van der Waals surface area contributed by atoms with E-state index in [2.05, 4.69) is 15.5 Å². The van der Waals surface area contributed by atoms with Gasteiger partial charge in [-0.2, -0.15) is 4.98 Å². The maximum Gasteiger partial charge on any atom is 0.316 e. The Labute approximate surface area is 156 Å². The van der Waals surface area contributed by atoms with E-state index in [1.54, 1.807) is 57.7 Å². The maximum absolute atomic E-state index is 12.3. The van der Waals surface area contributed by atoms with E-state index < -0.39 is 5.91 Å². The largest absolute Gasteiger partial charge is 0.497 e. The highest BCUT2D eigenvalue weighted by Crippen LogP contribution is 2.27. The third-order valence-corrected chi connectivity index (χ3v) is 3.85. The molecule has 0 atom stereocenters. The molecule has 0 bridgehead atoms. The topological polar surface area (TPSA) is 95.7 Å². The standard InChI is InChI=1S/C19H19N3O5/c1-24-14-6-4-5-13(10-14)17-21-19(27-22-17)18(23)20-11-12-7-8-15(25-2)16(9-12)26-3/h4-10H,11H2,1-3H3,(H,20,23). The number of carbonyl (C=O) groups excluding carboxylic acids is 1. The van der Waals surface area contributed by atoms with Crippen molar-refractivity contribution in [3.8, 4) is 28.6 Å². The van der Waals surface area contributed by atoms with Gasteiger partial charge in [0.15, 0.2) is 11.5 Å². The Morgan fingerprint density at radius 2 is 1.85 bits per heavy atom. The van der Waals surface area contributed by atoms with Crippen molar-refractivity contribution < 1.29 is 23.5 Å². The Bertz CT molecular complexity index is 939. The van der Waals surface area contributed by atoms with E-state index >= 15 is 0 Å². The third kappa shape index (κ3) is 4.17. The molecule has 2 aromatic carbocycles. The number of carbonyl (C=O) groups is 1. The summed E-state index contributed by atoms with van der Waals surface area (Å²) in [5.41, 5.74) is 1.53. The van der Waals surface area contributed by atoms with Crippen molar-refractivity contribution >= 4 is 5.91 Å². The Balaban J connectivity index is 1.68. The zero-order chi connectivity index (χ0) is 19.2. The van der Waals surface area contributed by atoms with E-state index in [9.17, 15) is 4.79 Å². The first kappa shape index (κ1) is 18.2. The SMILES string of the molecule is COc1cccc(-c2noc(C(=O)NCc3ccc(OC)c(OC)c3)n2)c1. The van der Waals surface area contributed by atoms with Gasteiger partial charge in [-0.25, -0.2) is 0 Å². The second kappa shape index (κ2) is 8.22. The number of nitrogens with zero attached hydrogens (tertiary/aromatic N) is 2. The third-order valence-electron chi connectivity index (χ3n) is 3.85. The minimum atomic E-state index is -0.466. The molecule has 0 fully saturated rings. The molecular formula is C19H19N3O5. The zero-order valence-electron chi connectivity index (χ0n) is 15.2. The van der Waals surface area contributed by atoms with Crippen LogP contribution < -0.4 is 19.5 Å². The molecule has 0 aliphatic heterocycles. The first-order chi connectivity index (χ1) is 13.1. The van der Waals surface area contributed by atoms with Crippen LogP contribution in [0.5, 0.6) is 17.2 Å². The molecule has 1 N–H and O–H groups in total. The number of benzene rings is 2.